The molecule has 2 unspecified atom stereocenters. The maximum atomic E-state index is 12.4. The number of carbonyl (C=O) groups is 2. The van der Waals surface area contributed by atoms with Crippen LogP contribution in [0.25, 0.3) is 0 Å². The normalized spacial score (nSPS) is 20.7. The summed E-state index contributed by atoms with van der Waals surface area (Å²) in [4.78, 5) is 34.1. The Balaban J connectivity index is 1.93. The average molecular weight is 352 g/mol. The van der Waals surface area contributed by atoms with Gasteiger partial charge in [-0.05, 0) is 25.2 Å². The van der Waals surface area contributed by atoms with Crippen molar-refractivity contribution in [2.24, 2.45) is 11.8 Å². The van der Waals surface area contributed by atoms with Gasteiger partial charge in [0.05, 0.1) is 12.4 Å². The molecule has 1 amide bonds. The lowest BCUT2D eigenvalue weighted by molar-refractivity contribution is -0.130. The summed E-state index contributed by atoms with van der Waals surface area (Å²) in [5.41, 5.74) is 5.92. The van der Waals surface area contributed by atoms with E-state index in [1.165, 1.54) is 18.0 Å². The molecule has 1 fully saturated rings. The highest BCUT2D eigenvalue weighted by molar-refractivity contribution is 7.99. The molecule has 0 radical (unpaired) electrons. The lowest BCUT2D eigenvalue weighted by Crippen LogP contribution is -2.43. The van der Waals surface area contributed by atoms with Crippen LogP contribution in [0.4, 0.5) is 5.82 Å². The molecule has 0 spiro atoms. The molecule has 1 aliphatic heterocycles. The molecule has 2 N–H and O–H groups in total. The number of nitrogens with zero attached hydrogens (tertiary/aromatic N) is 3. The number of hydrogen-bond donors (Lipinski definition) is 1. The van der Waals surface area contributed by atoms with Crippen LogP contribution >= 0.6 is 11.8 Å². The number of likely N-dealkylation sites (tertiary alicyclic amines) is 1. The van der Waals surface area contributed by atoms with Gasteiger partial charge in [-0.2, -0.15) is 0 Å². The topological polar surface area (TPSA) is 98.4 Å². The molecule has 0 saturated carbocycles. The number of ether oxygens (including phenoxy) is 1. The van der Waals surface area contributed by atoms with Gasteiger partial charge in [0.1, 0.15) is 11.4 Å². The zero-order valence-corrected chi connectivity index (χ0v) is 15.1. The van der Waals surface area contributed by atoms with Crippen molar-refractivity contribution in [1.29, 1.82) is 0 Å². The Morgan fingerprint density at radius 1 is 1.38 bits per heavy atom. The number of nitrogen functional groups attached to an aromatic ring is 1. The highest BCUT2D eigenvalue weighted by atomic mass is 32.2. The van der Waals surface area contributed by atoms with Gasteiger partial charge in [0.15, 0.2) is 5.16 Å². The molecule has 0 bridgehead atoms. The molecule has 0 aliphatic carbocycles. The maximum Gasteiger partial charge on any atom is 0.343 e. The molecule has 2 heterocycles. The lowest BCUT2D eigenvalue weighted by Gasteiger charge is -2.34. The highest BCUT2D eigenvalue weighted by Gasteiger charge is 2.25. The molecule has 7 nitrogen and oxygen atoms in total. The van der Waals surface area contributed by atoms with E-state index >= 15 is 0 Å². The molecule has 1 aromatic rings. The first-order valence-electron chi connectivity index (χ1n) is 8.10. The third-order valence-corrected chi connectivity index (χ3v) is 4.68. The predicted molar refractivity (Wildman–Crippen MR) is 92.6 cm³/mol. The van der Waals surface area contributed by atoms with E-state index in [2.05, 4.69) is 23.8 Å². The minimum atomic E-state index is -0.543. The van der Waals surface area contributed by atoms with Crippen molar-refractivity contribution in [3.63, 3.8) is 0 Å². The van der Waals surface area contributed by atoms with Crippen LogP contribution in [0.1, 0.15) is 37.6 Å². The molecule has 1 aliphatic rings. The minimum Gasteiger partial charge on any atom is -0.462 e. The Labute approximate surface area is 146 Å². The summed E-state index contributed by atoms with van der Waals surface area (Å²) in [6.45, 7) is 7.91. The molecule has 8 heteroatoms. The van der Waals surface area contributed by atoms with Gasteiger partial charge < -0.3 is 15.4 Å². The number of piperidine rings is 1. The average Bonchev–Trinajstić information content (AvgIpc) is 2.51. The zero-order chi connectivity index (χ0) is 17.7. The summed E-state index contributed by atoms with van der Waals surface area (Å²) in [6.07, 6.45) is 2.50. The van der Waals surface area contributed by atoms with Crippen LogP contribution in [0.15, 0.2) is 11.4 Å². The molecule has 1 aromatic heterocycles. The molecular weight excluding hydrogens is 328 g/mol. The van der Waals surface area contributed by atoms with Gasteiger partial charge in [0, 0.05) is 19.3 Å². The quantitative estimate of drug-likeness (QED) is 0.490. The molecule has 0 aromatic carbocycles. The fraction of sp³-hybridized carbons (Fsp3) is 0.625. The van der Waals surface area contributed by atoms with Crippen molar-refractivity contribution in [2.75, 3.05) is 31.2 Å². The van der Waals surface area contributed by atoms with E-state index in [0.717, 1.165) is 19.5 Å². The third kappa shape index (κ3) is 4.83. The maximum absolute atomic E-state index is 12.4. The summed E-state index contributed by atoms with van der Waals surface area (Å²) in [7, 11) is 0. The number of thioether (sulfide) groups is 1. The second-order valence-corrected chi connectivity index (χ2v) is 7.15. The van der Waals surface area contributed by atoms with Crippen molar-refractivity contribution in [2.45, 2.75) is 32.3 Å². The molecular formula is C16H24N4O3S. The van der Waals surface area contributed by atoms with Gasteiger partial charge in [-0.3, -0.25) is 4.79 Å². The largest absolute Gasteiger partial charge is 0.462 e. The van der Waals surface area contributed by atoms with Gasteiger partial charge >= 0.3 is 5.97 Å². The first kappa shape index (κ1) is 18.5. The smallest absolute Gasteiger partial charge is 0.343 e. The van der Waals surface area contributed by atoms with Gasteiger partial charge in [0.25, 0.3) is 0 Å². The highest BCUT2D eigenvalue weighted by Crippen LogP contribution is 2.23. The minimum absolute atomic E-state index is 0.0682. The zero-order valence-electron chi connectivity index (χ0n) is 14.3. The second-order valence-electron chi connectivity index (χ2n) is 6.21. The van der Waals surface area contributed by atoms with Crippen molar-refractivity contribution in [1.82, 2.24) is 14.9 Å². The number of anilines is 1. The first-order valence-corrected chi connectivity index (χ1v) is 9.09. The Morgan fingerprint density at radius 2 is 2.04 bits per heavy atom. The van der Waals surface area contributed by atoms with Crippen molar-refractivity contribution in [3.8, 4) is 0 Å². The second kappa shape index (κ2) is 8.32. The van der Waals surface area contributed by atoms with Crippen molar-refractivity contribution < 1.29 is 14.3 Å². The Morgan fingerprint density at radius 3 is 2.62 bits per heavy atom. The summed E-state index contributed by atoms with van der Waals surface area (Å²) in [5.74, 6) is 0.918. The van der Waals surface area contributed by atoms with Crippen LogP contribution in [0.2, 0.25) is 0 Å². The molecule has 2 atom stereocenters. The Bertz CT molecular complexity index is 601. The number of esters is 1. The summed E-state index contributed by atoms with van der Waals surface area (Å²) >= 11 is 1.23. The van der Waals surface area contributed by atoms with E-state index in [4.69, 9.17) is 10.5 Å². The SMILES string of the molecule is CCOC(=O)c1cnc(SCC(=O)N2CC(C)CC(C)C2)nc1N. The van der Waals surface area contributed by atoms with E-state index < -0.39 is 5.97 Å². The van der Waals surface area contributed by atoms with Gasteiger partial charge in [-0.1, -0.05) is 25.6 Å². The van der Waals surface area contributed by atoms with Crippen LogP contribution in [0.5, 0.6) is 0 Å². The Kier molecular flexibility index (Phi) is 6.42. The van der Waals surface area contributed by atoms with E-state index in [1.54, 1.807) is 6.92 Å². The van der Waals surface area contributed by atoms with Crippen LogP contribution in [-0.2, 0) is 9.53 Å². The number of carbonyl (C=O) groups excluding carboxylic acids is 2. The fourth-order valence-electron chi connectivity index (χ4n) is 2.90. The number of aromatic nitrogens is 2. The van der Waals surface area contributed by atoms with Crippen molar-refractivity contribution in [3.05, 3.63) is 11.8 Å². The van der Waals surface area contributed by atoms with Gasteiger partial charge in [-0.25, -0.2) is 14.8 Å². The summed E-state index contributed by atoms with van der Waals surface area (Å²) in [6, 6.07) is 0. The van der Waals surface area contributed by atoms with Gasteiger partial charge in [0.2, 0.25) is 5.91 Å². The fourth-order valence-corrected chi connectivity index (χ4v) is 3.62. The predicted octanol–water partition coefficient (Wildman–Crippen LogP) is 1.83. The van der Waals surface area contributed by atoms with Crippen molar-refractivity contribution >= 4 is 29.5 Å². The first-order chi connectivity index (χ1) is 11.4. The van der Waals surface area contributed by atoms with Gasteiger partial charge in [-0.15, -0.1) is 0 Å². The van der Waals surface area contributed by atoms with Crippen LogP contribution in [-0.4, -0.2) is 52.2 Å². The summed E-state index contributed by atoms with van der Waals surface area (Å²) in [5, 5.41) is 0.381. The van der Waals surface area contributed by atoms with E-state index in [-0.39, 0.29) is 29.6 Å². The number of hydrogen-bond acceptors (Lipinski definition) is 7. The number of amides is 1. The lowest BCUT2D eigenvalue weighted by atomic mass is 9.92. The molecule has 1 saturated heterocycles. The van der Waals surface area contributed by atoms with E-state index in [1.807, 2.05) is 4.90 Å². The molecule has 24 heavy (non-hydrogen) atoms. The van der Waals surface area contributed by atoms with Crippen LogP contribution < -0.4 is 5.73 Å². The number of rotatable bonds is 5. The van der Waals surface area contributed by atoms with E-state index in [0.29, 0.717) is 17.0 Å². The Hall–Kier alpha value is -1.83. The van der Waals surface area contributed by atoms with E-state index in [9.17, 15) is 9.59 Å². The molecule has 132 valence electrons. The monoisotopic (exact) mass is 352 g/mol. The summed E-state index contributed by atoms with van der Waals surface area (Å²) < 4.78 is 4.88. The van der Waals surface area contributed by atoms with Crippen LogP contribution in [0, 0.1) is 11.8 Å². The molecule has 2 rings (SSSR count). The standard InChI is InChI=1S/C16H24N4O3S/c1-4-23-15(22)12-6-18-16(19-14(12)17)24-9-13(21)20-7-10(2)5-11(3)8-20/h6,10-11H,4-5,7-9H2,1-3H3,(H2,17,18,19). The number of nitrogens with two attached hydrogens (primary N) is 1. The van der Waals surface area contributed by atoms with Crippen LogP contribution in [0.3, 0.4) is 0 Å². The third-order valence-electron chi connectivity index (χ3n) is 3.84.